The predicted octanol–water partition coefficient (Wildman–Crippen LogP) is -0.585. The van der Waals surface area contributed by atoms with Gasteiger partial charge >= 0.3 is 10.4 Å². The largest absolute Gasteiger partial charge is 0.397 e. The van der Waals surface area contributed by atoms with Crippen LogP contribution in [0.25, 0.3) is 0 Å². The Morgan fingerprint density at radius 2 is 2.36 bits per heavy atom. The molecule has 1 aliphatic rings. The first kappa shape index (κ1) is 8.92. The van der Waals surface area contributed by atoms with Crippen molar-refractivity contribution in [2.45, 2.75) is 6.42 Å². The van der Waals surface area contributed by atoms with Crippen molar-refractivity contribution < 1.29 is 17.2 Å². The molecule has 1 aliphatic heterocycles. The van der Waals surface area contributed by atoms with Crippen molar-refractivity contribution in [2.75, 3.05) is 19.7 Å². The molecule has 0 aliphatic carbocycles. The van der Waals surface area contributed by atoms with Gasteiger partial charge in [0.05, 0.1) is 6.61 Å². The van der Waals surface area contributed by atoms with Gasteiger partial charge in [0, 0.05) is 6.54 Å². The van der Waals surface area contributed by atoms with Gasteiger partial charge in [-0.05, 0) is 18.9 Å². The second-order valence-electron chi connectivity index (χ2n) is 2.57. The minimum atomic E-state index is -4.24. The van der Waals surface area contributed by atoms with E-state index in [0.29, 0.717) is 0 Å². The Morgan fingerprint density at radius 1 is 1.64 bits per heavy atom. The summed E-state index contributed by atoms with van der Waals surface area (Å²) in [6.45, 7) is 1.72. The molecular weight excluding hydrogens is 170 g/mol. The molecule has 2 N–H and O–H groups in total. The molecule has 0 bridgehead atoms. The highest BCUT2D eigenvalue weighted by atomic mass is 32.3. The zero-order valence-corrected chi connectivity index (χ0v) is 6.80. The molecule has 5 nitrogen and oxygen atoms in total. The third-order valence-electron chi connectivity index (χ3n) is 1.62. The Balaban J connectivity index is 2.22. The van der Waals surface area contributed by atoms with Crippen LogP contribution in [-0.2, 0) is 14.6 Å². The van der Waals surface area contributed by atoms with E-state index in [4.69, 9.17) is 4.55 Å². The summed E-state index contributed by atoms with van der Waals surface area (Å²) in [4.78, 5) is 0. The van der Waals surface area contributed by atoms with Crippen molar-refractivity contribution in [1.82, 2.24) is 5.32 Å². The predicted molar refractivity (Wildman–Crippen MR) is 38.5 cm³/mol. The van der Waals surface area contributed by atoms with Crippen LogP contribution in [0.4, 0.5) is 0 Å². The monoisotopic (exact) mass is 181 g/mol. The van der Waals surface area contributed by atoms with Gasteiger partial charge in [0.1, 0.15) is 0 Å². The molecule has 0 radical (unpaired) electrons. The second-order valence-corrected chi connectivity index (χ2v) is 3.66. The molecule has 1 heterocycles. The first-order valence-corrected chi connectivity index (χ1v) is 4.77. The fourth-order valence-corrected chi connectivity index (χ4v) is 1.40. The van der Waals surface area contributed by atoms with E-state index in [1.54, 1.807) is 0 Å². The van der Waals surface area contributed by atoms with Crippen molar-refractivity contribution in [2.24, 2.45) is 5.92 Å². The van der Waals surface area contributed by atoms with Crippen LogP contribution in [0.3, 0.4) is 0 Å². The molecule has 1 rings (SSSR count). The van der Waals surface area contributed by atoms with Crippen LogP contribution in [0.2, 0.25) is 0 Å². The van der Waals surface area contributed by atoms with Crippen molar-refractivity contribution in [3.63, 3.8) is 0 Å². The Kier molecular flexibility index (Phi) is 2.83. The molecule has 0 aromatic carbocycles. The molecule has 1 saturated heterocycles. The topological polar surface area (TPSA) is 75.6 Å². The minimum absolute atomic E-state index is 0.0752. The van der Waals surface area contributed by atoms with Crippen LogP contribution < -0.4 is 5.32 Å². The summed E-state index contributed by atoms with van der Waals surface area (Å²) < 4.78 is 32.6. The lowest BCUT2D eigenvalue weighted by Crippen LogP contribution is -2.16. The molecule has 6 heteroatoms. The van der Waals surface area contributed by atoms with Gasteiger partial charge in [-0.2, -0.15) is 8.42 Å². The molecule has 0 aromatic heterocycles. The maximum Gasteiger partial charge on any atom is 0.397 e. The van der Waals surface area contributed by atoms with E-state index in [1.807, 2.05) is 0 Å². The van der Waals surface area contributed by atoms with Gasteiger partial charge in [-0.1, -0.05) is 0 Å². The van der Waals surface area contributed by atoms with Crippen LogP contribution in [-0.4, -0.2) is 32.7 Å². The molecule has 0 amide bonds. The average Bonchev–Trinajstić information content (AvgIpc) is 2.32. The first-order valence-electron chi connectivity index (χ1n) is 3.40. The SMILES string of the molecule is O=S(=O)(O)OCC1CCNC1. The van der Waals surface area contributed by atoms with Gasteiger partial charge < -0.3 is 5.32 Å². The number of hydrogen-bond donors (Lipinski definition) is 2. The van der Waals surface area contributed by atoms with Crippen molar-refractivity contribution in [3.05, 3.63) is 0 Å². The van der Waals surface area contributed by atoms with Gasteiger partial charge in [-0.3, -0.25) is 4.55 Å². The Hall–Kier alpha value is -0.170. The highest BCUT2D eigenvalue weighted by Gasteiger charge is 2.17. The van der Waals surface area contributed by atoms with E-state index >= 15 is 0 Å². The molecule has 1 atom stereocenters. The van der Waals surface area contributed by atoms with Crippen LogP contribution in [0.1, 0.15) is 6.42 Å². The fourth-order valence-electron chi connectivity index (χ4n) is 1.04. The van der Waals surface area contributed by atoms with Crippen LogP contribution >= 0.6 is 0 Å². The Morgan fingerprint density at radius 3 is 2.82 bits per heavy atom. The van der Waals surface area contributed by atoms with Crippen molar-refractivity contribution >= 4 is 10.4 Å². The molecule has 0 saturated carbocycles. The van der Waals surface area contributed by atoms with Gasteiger partial charge in [0.25, 0.3) is 0 Å². The highest BCUT2D eigenvalue weighted by molar-refractivity contribution is 7.80. The highest BCUT2D eigenvalue weighted by Crippen LogP contribution is 2.08. The summed E-state index contributed by atoms with van der Waals surface area (Å²) in [6, 6.07) is 0. The standard InChI is InChI=1S/C5H11NO4S/c7-11(8,9)10-4-5-1-2-6-3-5/h5-6H,1-4H2,(H,7,8,9). The van der Waals surface area contributed by atoms with Gasteiger partial charge in [-0.25, -0.2) is 4.18 Å². The minimum Gasteiger partial charge on any atom is -0.316 e. The van der Waals surface area contributed by atoms with Crippen LogP contribution in [0, 0.1) is 5.92 Å². The zero-order chi connectivity index (χ0) is 8.32. The number of hydrogen-bond acceptors (Lipinski definition) is 4. The Labute approximate surface area is 65.7 Å². The molecular formula is C5H11NO4S. The molecule has 11 heavy (non-hydrogen) atoms. The van der Waals surface area contributed by atoms with E-state index in [-0.39, 0.29) is 12.5 Å². The molecule has 0 aromatic rings. The smallest absolute Gasteiger partial charge is 0.316 e. The quantitative estimate of drug-likeness (QED) is 0.569. The normalized spacial score (nSPS) is 25.7. The molecule has 0 spiro atoms. The lowest BCUT2D eigenvalue weighted by Gasteiger charge is -2.05. The van der Waals surface area contributed by atoms with Crippen LogP contribution in [0.15, 0.2) is 0 Å². The van der Waals surface area contributed by atoms with Crippen molar-refractivity contribution in [3.8, 4) is 0 Å². The zero-order valence-electron chi connectivity index (χ0n) is 5.99. The summed E-state index contributed by atoms with van der Waals surface area (Å²) in [5.41, 5.74) is 0. The first-order chi connectivity index (χ1) is 5.08. The van der Waals surface area contributed by atoms with Gasteiger partial charge in [0.2, 0.25) is 0 Å². The molecule has 1 unspecified atom stereocenters. The second kappa shape index (κ2) is 3.48. The summed E-state index contributed by atoms with van der Waals surface area (Å²) in [7, 11) is -4.24. The van der Waals surface area contributed by atoms with E-state index in [1.165, 1.54) is 0 Å². The summed E-state index contributed by atoms with van der Waals surface area (Å²) in [6.07, 6.45) is 0.898. The van der Waals surface area contributed by atoms with E-state index in [0.717, 1.165) is 19.5 Å². The lowest BCUT2D eigenvalue weighted by molar-refractivity contribution is 0.230. The van der Waals surface area contributed by atoms with Gasteiger partial charge in [-0.15, -0.1) is 0 Å². The summed E-state index contributed by atoms with van der Waals surface area (Å²) in [5.74, 6) is 0.205. The van der Waals surface area contributed by atoms with E-state index in [9.17, 15) is 8.42 Å². The Bertz CT molecular complexity index is 207. The third kappa shape index (κ3) is 3.66. The number of rotatable bonds is 3. The van der Waals surface area contributed by atoms with Crippen molar-refractivity contribution in [1.29, 1.82) is 0 Å². The third-order valence-corrected chi connectivity index (χ3v) is 2.05. The summed E-state index contributed by atoms with van der Waals surface area (Å²) >= 11 is 0. The maximum atomic E-state index is 10.1. The van der Waals surface area contributed by atoms with Crippen LogP contribution in [0.5, 0.6) is 0 Å². The average molecular weight is 181 g/mol. The lowest BCUT2D eigenvalue weighted by atomic mass is 10.1. The van der Waals surface area contributed by atoms with E-state index in [2.05, 4.69) is 9.50 Å². The van der Waals surface area contributed by atoms with Gasteiger partial charge in [0.15, 0.2) is 0 Å². The molecule has 1 fully saturated rings. The maximum absolute atomic E-state index is 10.1. The molecule has 66 valence electrons. The number of nitrogens with one attached hydrogen (secondary N) is 1. The van der Waals surface area contributed by atoms with E-state index < -0.39 is 10.4 Å². The fraction of sp³-hybridized carbons (Fsp3) is 1.00. The summed E-state index contributed by atoms with van der Waals surface area (Å²) in [5, 5.41) is 3.05.